The third-order valence-electron chi connectivity index (χ3n) is 3.80. The van der Waals surface area contributed by atoms with E-state index in [0.29, 0.717) is 40.9 Å². The lowest BCUT2D eigenvalue weighted by Crippen LogP contribution is -2.28. The van der Waals surface area contributed by atoms with Crippen molar-refractivity contribution in [3.63, 3.8) is 0 Å². The fraction of sp³-hybridized carbons (Fsp3) is 0.294. The molecule has 27 heavy (non-hydrogen) atoms. The van der Waals surface area contributed by atoms with Gasteiger partial charge in [0, 0.05) is 19.0 Å². The first-order valence-electron chi connectivity index (χ1n) is 8.12. The summed E-state index contributed by atoms with van der Waals surface area (Å²) in [7, 11) is 1.69. The van der Waals surface area contributed by atoms with Crippen LogP contribution < -0.4 is 10.6 Å². The van der Waals surface area contributed by atoms with E-state index in [1.54, 1.807) is 37.1 Å². The van der Waals surface area contributed by atoms with Gasteiger partial charge in [-0.15, -0.1) is 11.3 Å². The van der Waals surface area contributed by atoms with Gasteiger partial charge in [0.05, 0.1) is 17.9 Å². The number of hydrogen-bond acceptors (Lipinski definition) is 7. The van der Waals surface area contributed by atoms with Gasteiger partial charge in [-0.1, -0.05) is 5.16 Å². The van der Waals surface area contributed by atoms with E-state index in [0.717, 1.165) is 5.56 Å². The Morgan fingerprint density at radius 1 is 1.30 bits per heavy atom. The van der Waals surface area contributed by atoms with Gasteiger partial charge in [-0.05, 0) is 36.2 Å². The average Bonchev–Trinajstić information content (AvgIpc) is 3.36. The number of carbonyl (C=O) groups is 2. The predicted octanol–water partition coefficient (Wildman–Crippen LogP) is 3.40. The Labute approximate surface area is 164 Å². The summed E-state index contributed by atoms with van der Waals surface area (Å²) < 4.78 is 5.05. The zero-order valence-corrected chi connectivity index (χ0v) is 16.7. The number of amides is 3. The van der Waals surface area contributed by atoms with E-state index in [-0.39, 0.29) is 11.9 Å². The maximum atomic E-state index is 12.6. The first-order chi connectivity index (χ1) is 12.9. The van der Waals surface area contributed by atoms with E-state index in [1.165, 1.54) is 11.3 Å². The van der Waals surface area contributed by atoms with E-state index in [2.05, 4.69) is 20.8 Å². The maximum Gasteiger partial charge on any atom is 0.321 e. The molecule has 0 aliphatic carbocycles. The lowest BCUT2D eigenvalue weighted by molar-refractivity contribution is 0.0781. The Hall–Kier alpha value is -2.72. The van der Waals surface area contributed by atoms with Gasteiger partial charge in [-0.3, -0.25) is 10.1 Å². The maximum absolute atomic E-state index is 12.6. The van der Waals surface area contributed by atoms with Crippen LogP contribution in [0.4, 0.5) is 9.93 Å². The molecular weight excluding hydrogens is 386 g/mol. The Morgan fingerprint density at radius 3 is 2.78 bits per heavy atom. The molecule has 3 aromatic rings. The molecule has 3 amide bonds. The minimum atomic E-state index is -0.317. The Bertz CT molecular complexity index is 913. The van der Waals surface area contributed by atoms with Gasteiger partial charge in [0.1, 0.15) is 11.3 Å². The van der Waals surface area contributed by atoms with Gasteiger partial charge < -0.3 is 14.7 Å². The molecule has 0 spiro atoms. The molecule has 0 aliphatic rings. The van der Waals surface area contributed by atoms with Gasteiger partial charge in [-0.25, -0.2) is 9.78 Å². The summed E-state index contributed by atoms with van der Waals surface area (Å²) in [6, 6.07) is 1.64. The summed E-state index contributed by atoms with van der Waals surface area (Å²) in [6.45, 7) is 4.22. The molecular formula is C17H19N5O3S2. The monoisotopic (exact) mass is 405 g/mol. The first-order valence-corrected chi connectivity index (χ1v) is 9.95. The number of nitrogens with one attached hydrogen (secondary N) is 2. The molecule has 3 rings (SSSR count). The lowest BCUT2D eigenvalue weighted by Gasteiger charge is -2.15. The molecule has 0 atom stereocenters. The summed E-state index contributed by atoms with van der Waals surface area (Å²) in [5.74, 6) is 0.314. The molecule has 0 aromatic carbocycles. The highest BCUT2D eigenvalue weighted by atomic mass is 32.1. The summed E-state index contributed by atoms with van der Waals surface area (Å²) in [6.07, 6.45) is 0. The summed E-state index contributed by atoms with van der Waals surface area (Å²) in [5.41, 5.74) is 2.77. The largest absolute Gasteiger partial charge is 0.361 e. The molecule has 0 unspecified atom stereocenters. The van der Waals surface area contributed by atoms with Crippen LogP contribution in [0.1, 0.15) is 33.1 Å². The Morgan fingerprint density at radius 2 is 2.11 bits per heavy atom. The smallest absolute Gasteiger partial charge is 0.321 e. The number of thiophene rings is 1. The fourth-order valence-corrected chi connectivity index (χ4v) is 3.81. The lowest BCUT2D eigenvalue weighted by atomic mass is 10.2. The quantitative estimate of drug-likeness (QED) is 0.655. The second-order valence-electron chi connectivity index (χ2n) is 5.94. The van der Waals surface area contributed by atoms with Crippen LogP contribution in [0.3, 0.4) is 0 Å². The molecule has 8 nitrogen and oxygen atoms in total. The molecule has 10 heteroatoms. The number of carbonyl (C=O) groups excluding carboxylic acids is 2. The van der Waals surface area contributed by atoms with Crippen LogP contribution in [0, 0.1) is 13.8 Å². The van der Waals surface area contributed by atoms with Crippen molar-refractivity contribution in [3.05, 3.63) is 50.5 Å². The van der Waals surface area contributed by atoms with Crippen LogP contribution >= 0.6 is 22.7 Å². The van der Waals surface area contributed by atoms with Crippen LogP contribution in [-0.2, 0) is 13.1 Å². The number of thiazole rings is 1. The van der Waals surface area contributed by atoms with Gasteiger partial charge in [0.2, 0.25) is 0 Å². The number of anilines is 1. The van der Waals surface area contributed by atoms with Gasteiger partial charge >= 0.3 is 6.03 Å². The summed E-state index contributed by atoms with van der Waals surface area (Å²) in [5, 5.41) is 15.5. The van der Waals surface area contributed by atoms with Crippen LogP contribution in [0.2, 0.25) is 0 Å². The van der Waals surface area contributed by atoms with Crippen LogP contribution in [0.25, 0.3) is 0 Å². The SMILES string of the molecule is Cc1noc(C)c1C(=O)N(C)Cc1csc(NC(=O)NCc2ccsc2)n1. The topological polar surface area (TPSA) is 100 Å². The van der Waals surface area contributed by atoms with Crippen molar-refractivity contribution in [1.29, 1.82) is 0 Å². The highest BCUT2D eigenvalue weighted by Crippen LogP contribution is 2.19. The van der Waals surface area contributed by atoms with Crippen molar-refractivity contribution in [2.45, 2.75) is 26.9 Å². The third-order valence-corrected chi connectivity index (χ3v) is 5.34. The molecule has 3 aromatic heterocycles. The normalized spacial score (nSPS) is 10.6. The summed E-state index contributed by atoms with van der Waals surface area (Å²) >= 11 is 2.89. The van der Waals surface area contributed by atoms with Crippen molar-refractivity contribution in [1.82, 2.24) is 20.4 Å². The van der Waals surface area contributed by atoms with Crippen molar-refractivity contribution in [2.75, 3.05) is 12.4 Å². The van der Waals surface area contributed by atoms with Crippen LogP contribution in [0.5, 0.6) is 0 Å². The molecule has 142 valence electrons. The molecule has 0 saturated heterocycles. The van der Waals surface area contributed by atoms with Crippen LogP contribution in [0.15, 0.2) is 26.7 Å². The molecule has 3 heterocycles. The highest BCUT2D eigenvalue weighted by Gasteiger charge is 2.21. The zero-order chi connectivity index (χ0) is 19.4. The fourth-order valence-electron chi connectivity index (χ4n) is 2.45. The zero-order valence-electron chi connectivity index (χ0n) is 15.1. The minimum absolute atomic E-state index is 0.178. The number of aromatic nitrogens is 2. The Balaban J connectivity index is 1.54. The van der Waals surface area contributed by atoms with E-state index in [1.807, 2.05) is 22.2 Å². The van der Waals surface area contributed by atoms with Crippen molar-refractivity contribution >= 4 is 39.7 Å². The van der Waals surface area contributed by atoms with E-state index in [9.17, 15) is 9.59 Å². The number of urea groups is 1. The van der Waals surface area contributed by atoms with E-state index >= 15 is 0 Å². The first kappa shape index (κ1) is 19.1. The molecule has 0 aliphatic heterocycles. The Kier molecular flexibility index (Phi) is 5.87. The van der Waals surface area contributed by atoms with Crippen molar-refractivity contribution in [3.8, 4) is 0 Å². The molecule has 0 bridgehead atoms. The average molecular weight is 406 g/mol. The highest BCUT2D eigenvalue weighted by molar-refractivity contribution is 7.13. The molecule has 0 fully saturated rings. The molecule has 0 saturated carbocycles. The van der Waals surface area contributed by atoms with E-state index < -0.39 is 0 Å². The predicted molar refractivity (Wildman–Crippen MR) is 104 cm³/mol. The second-order valence-corrected chi connectivity index (χ2v) is 7.58. The van der Waals surface area contributed by atoms with Gasteiger partial charge in [0.25, 0.3) is 5.91 Å². The van der Waals surface area contributed by atoms with Crippen LogP contribution in [-0.4, -0.2) is 34.0 Å². The summed E-state index contributed by atoms with van der Waals surface area (Å²) in [4.78, 5) is 30.4. The number of hydrogen-bond donors (Lipinski definition) is 2. The standard InChI is InChI=1S/C17H19N5O3S2/c1-10-14(11(2)25-21-10)15(23)22(3)7-13-9-27-17(19-13)20-16(24)18-6-12-4-5-26-8-12/h4-5,8-9H,6-7H2,1-3H3,(H2,18,19,20,24). The van der Waals surface area contributed by atoms with Crippen molar-refractivity contribution < 1.29 is 14.1 Å². The number of nitrogens with zero attached hydrogens (tertiary/aromatic N) is 3. The van der Waals surface area contributed by atoms with E-state index in [4.69, 9.17) is 4.52 Å². The van der Waals surface area contributed by atoms with Gasteiger partial charge in [0.15, 0.2) is 5.13 Å². The van der Waals surface area contributed by atoms with Gasteiger partial charge in [-0.2, -0.15) is 11.3 Å². The second kappa shape index (κ2) is 8.31. The van der Waals surface area contributed by atoms with Crippen molar-refractivity contribution in [2.24, 2.45) is 0 Å². The number of aryl methyl sites for hydroxylation is 2. The molecule has 0 radical (unpaired) electrons. The third kappa shape index (κ3) is 4.72. The minimum Gasteiger partial charge on any atom is -0.361 e. The molecule has 2 N–H and O–H groups in total. The number of rotatable bonds is 6.